The predicted molar refractivity (Wildman–Crippen MR) is 118 cm³/mol. The van der Waals surface area contributed by atoms with Crippen molar-refractivity contribution in [3.05, 3.63) is 35.4 Å². The maximum Gasteiger partial charge on any atom is 0.317 e. The summed E-state index contributed by atoms with van der Waals surface area (Å²) in [6, 6.07) is 8.20. The third-order valence-electron chi connectivity index (χ3n) is 5.17. The predicted octanol–water partition coefficient (Wildman–Crippen LogP) is 4.10. The number of carbonyl (C=O) groups is 2. The Bertz CT molecular complexity index is 656. The zero-order valence-electron chi connectivity index (χ0n) is 19.7. The largest absolute Gasteiger partial charge is 0.465 e. The molecule has 30 heavy (non-hydrogen) atoms. The average Bonchev–Trinajstić information content (AvgIpc) is 2.69. The van der Waals surface area contributed by atoms with E-state index in [1.54, 1.807) is 6.92 Å². The van der Waals surface area contributed by atoms with Crippen molar-refractivity contribution in [1.82, 2.24) is 0 Å². The minimum atomic E-state index is -1.03. The summed E-state index contributed by atoms with van der Waals surface area (Å²) >= 11 is 0. The molecule has 0 fully saturated rings. The summed E-state index contributed by atoms with van der Waals surface area (Å²) in [5.74, 6) is -0.882. The van der Waals surface area contributed by atoms with Gasteiger partial charge in [0.15, 0.2) is 0 Å². The molecule has 0 saturated carbocycles. The van der Waals surface area contributed by atoms with Gasteiger partial charge in [-0.2, -0.15) is 0 Å². The van der Waals surface area contributed by atoms with E-state index in [1.165, 1.54) is 51.8 Å². The van der Waals surface area contributed by atoms with Gasteiger partial charge in [0.1, 0.15) is 25.2 Å². The van der Waals surface area contributed by atoms with Crippen LogP contribution in [0.4, 0.5) is 0 Å². The van der Waals surface area contributed by atoms with E-state index in [-0.39, 0.29) is 19.8 Å². The Labute approximate surface area is 182 Å². The molecule has 1 atom stereocenters. The second kappa shape index (κ2) is 12.7. The molecule has 0 N–H and O–H groups in total. The summed E-state index contributed by atoms with van der Waals surface area (Å²) in [7, 11) is 6.03. The van der Waals surface area contributed by atoms with Crippen molar-refractivity contribution in [3.8, 4) is 0 Å². The molecule has 0 aliphatic heterocycles. The van der Waals surface area contributed by atoms with Gasteiger partial charge in [0.2, 0.25) is 0 Å². The van der Waals surface area contributed by atoms with Gasteiger partial charge in [0.05, 0.1) is 27.2 Å². The lowest BCUT2D eigenvalue weighted by molar-refractivity contribution is -0.903. The van der Waals surface area contributed by atoms with Gasteiger partial charge in [-0.15, -0.1) is 0 Å². The van der Waals surface area contributed by atoms with Gasteiger partial charge in [0, 0.05) is 19.6 Å². The SMILES string of the molecule is CCCCCC[N+](C)(C)Cc1ccc(COC(=O)C(C)(COC)COC(C)=O)cc1. The number of ether oxygens (including phenoxy) is 3. The monoisotopic (exact) mass is 422 g/mol. The lowest BCUT2D eigenvalue weighted by Crippen LogP contribution is -2.39. The van der Waals surface area contributed by atoms with Gasteiger partial charge in [-0.1, -0.05) is 44.0 Å². The van der Waals surface area contributed by atoms with E-state index in [0.717, 1.165) is 16.6 Å². The molecular weight excluding hydrogens is 382 g/mol. The van der Waals surface area contributed by atoms with E-state index in [1.807, 2.05) is 12.1 Å². The van der Waals surface area contributed by atoms with Gasteiger partial charge in [-0.25, -0.2) is 0 Å². The topological polar surface area (TPSA) is 61.8 Å². The number of hydrogen-bond acceptors (Lipinski definition) is 5. The van der Waals surface area contributed by atoms with Crippen molar-refractivity contribution in [2.45, 2.75) is 59.6 Å². The van der Waals surface area contributed by atoms with Crippen LogP contribution in [0, 0.1) is 5.41 Å². The summed E-state index contributed by atoms with van der Waals surface area (Å²) in [6.45, 7) is 7.57. The van der Waals surface area contributed by atoms with Gasteiger partial charge < -0.3 is 18.7 Å². The Hall–Kier alpha value is -1.92. The van der Waals surface area contributed by atoms with E-state index in [4.69, 9.17) is 14.2 Å². The summed E-state index contributed by atoms with van der Waals surface area (Å²) in [4.78, 5) is 23.6. The lowest BCUT2D eigenvalue weighted by atomic mass is 9.93. The molecule has 0 radical (unpaired) electrons. The van der Waals surface area contributed by atoms with Crippen LogP contribution in [0.15, 0.2) is 24.3 Å². The number of quaternary nitrogens is 1. The van der Waals surface area contributed by atoms with Crippen LogP contribution in [0.5, 0.6) is 0 Å². The molecule has 0 aromatic heterocycles. The average molecular weight is 423 g/mol. The maximum absolute atomic E-state index is 12.5. The van der Waals surface area contributed by atoms with Crippen molar-refractivity contribution in [2.24, 2.45) is 5.41 Å². The van der Waals surface area contributed by atoms with Gasteiger partial charge in [0.25, 0.3) is 0 Å². The summed E-state index contributed by atoms with van der Waals surface area (Å²) in [5, 5.41) is 0. The molecule has 0 amide bonds. The van der Waals surface area contributed by atoms with Crippen LogP contribution >= 0.6 is 0 Å². The van der Waals surface area contributed by atoms with Crippen LogP contribution in [0.1, 0.15) is 57.6 Å². The summed E-state index contributed by atoms with van der Waals surface area (Å²) in [5.41, 5.74) is 1.16. The number of unbranched alkanes of at least 4 members (excludes halogenated alkanes) is 3. The Morgan fingerprint density at radius 3 is 2.17 bits per heavy atom. The van der Waals surface area contributed by atoms with Gasteiger partial charge in [-0.3, -0.25) is 9.59 Å². The fourth-order valence-corrected chi connectivity index (χ4v) is 3.34. The molecule has 0 spiro atoms. The van der Waals surface area contributed by atoms with E-state index in [2.05, 4.69) is 33.2 Å². The number of methoxy groups -OCH3 is 1. The first kappa shape index (κ1) is 26.1. The fourth-order valence-electron chi connectivity index (χ4n) is 3.34. The number of hydrogen-bond donors (Lipinski definition) is 0. The molecule has 0 bridgehead atoms. The molecule has 6 heteroatoms. The third-order valence-corrected chi connectivity index (χ3v) is 5.17. The molecule has 0 aliphatic rings. The maximum atomic E-state index is 12.5. The Kier molecular flexibility index (Phi) is 11.1. The second-order valence-corrected chi connectivity index (χ2v) is 9.04. The molecule has 1 rings (SSSR count). The highest BCUT2D eigenvalue weighted by Gasteiger charge is 2.36. The van der Waals surface area contributed by atoms with Crippen molar-refractivity contribution >= 4 is 11.9 Å². The normalized spacial score (nSPS) is 13.5. The zero-order chi connectivity index (χ0) is 22.6. The van der Waals surface area contributed by atoms with E-state index in [0.29, 0.717) is 0 Å². The quantitative estimate of drug-likeness (QED) is 0.257. The first-order valence-electron chi connectivity index (χ1n) is 10.8. The molecule has 0 aliphatic carbocycles. The molecule has 0 heterocycles. The minimum absolute atomic E-state index is 0.0702. The Morgan fingerprint density at radius 2 is 1.60 bits per heavy atom. The van der Waals surface area contributed by atoms with Crippen LogP contribution in [-0.2, 0) is 37.0 Å². The minimum Gasteiger partial charge on any atom is -0.465 e. The Morgan fingerprint density at radius 1 is 0.967 bits per heavy atom. The fraction of sp³-hybridized carbons (Fsp3) is 0.667. The molecular formula is C24H40NO5+. The molecule has 0 saturated heterocycles. The number of rotatable bonds is 14. The molecule has 6 nitrogen and oxygen atoms in total. The highest BCUT2D eigenvalue weighted by molar-refractivity contribution is 5.77. The van der Waals surface area contributed by atoms with E-state index >= 15 is 0 Å². The van der Waals surface area contributed by atoms with Crippen LogP contribution in [0.3, 0.4) is 0 Å². The lowest BCUT2D eigenvalue weighted by Gasteiger charge is -2.30. The molecule has 1 aromatic rings. The first-order valence-corrected chi connectivity index (χ1v) is 10.8. The van der Waals surface area contributed by atoms with E-state index < -0.39 is 17.4 Å². The molecule has 1 unspecified atom stereocenters. The van der Waals surface area contributed by atoms with Crippen LogP contribution in [0.2, 0.25) is 0 Å². The second-order valence-electron chi connectivity index (χ2n) is 9.04. The van der Waals surface area contributed by atoms with Gasteiger partial charge >= 0.3 is 11.9 Å². The number of nitrogens with zero attached hydrogens (tertiary/aromatic N) is 1. The number of carbonyl (C=O) groups excluding carboxylic acids is 2. The number of esters is 2. The van der Waals surface area contributed by atoms with Crippen molar-refractivity contribution in [2.75, 3.05) is 41.0 Å². The molecule has 1 aromatic carbocycles. The zero-order valence-corrected chi connectivity index (χ0v) is 19.7. The van der Waals surface area contributed by atoms with Crippen LogP contribution in [-0.4, -0.2) is 57.4 Å². The van der Waals surface area contributed by atoms with E-state index in [9.17, 15) is 9.59 Å². The Balaban J connectivity index is 2.58. The number of benzene rings is 1. The summed E-state index contributed by atoms with van der Waals surface area (Å²) in [6.07, 6.45) is 5.11. The van der Waals surface area contributed by atoms with Crippen molar-refractivity contribution in [1.29, 1.82) is 0 Å². The molecule has 170 valence electrons. The van der Waals surface area contributed by atoms with Crippen molar-refractivity contribution < 1.29 is 28.3 Å². The summed E-state index contributed by atoms with van der Waals surface area (Å²) < 4.78 is 16.6. The highest BCUT2D eigenvalue weighted by atomic mass is 16.6. The first-order chi connectivity index (χ1) is 14.1. The van der Waals surface area contributed by atoms with Crippen molar-refractivity contribution in [3.63, 3.8) is 0 Å². The van der Waals surface area contributed by atoms with Gasteiger partial charge in [-0.05, 0) is 25.3 Å². The van der Waals surface area contributed by atoms with Crippen LogP contribution < -0.4 is 0 Å². The third kappa shape index (κ3) is 9.72. The standard InChI is InChI=1S/C24H40NO5/c1-7-8-9-10-15-25(4,5)16-21-11-13-22(14-12-21)17-29-23(27)24(3,18-28-6)19-30-20(2)26/h11-14H,7-10,15-19H2,1-6H3/q+1. The van der Waals surface area contributed by atoms with Crippen LogP contribution in [0.25, 0.3) is 0 Å². The smallest absolute Gasteiger partial charge is 0.317 e. The highest BCUT2D eigenvalue weighted by Crippen LogP contribution is 2.21.